The van der Waals surface area contributed by atoms with Gasteiger partial charge >= 0.3 is 0 Å². The van der Waals surface area contributed by atoms with Gasteiger partial charge < -0.3 is 14.5 Å². The van der Waals surface area contributed by atoms with Crippen molar-refractivity contribution in [1.82, 2.24) is 9.29 Å². The Kier molecular flexibility index (Phi) is 5.31. The highest BCUT2D eigenvalue weighted by Gasteiger charge is 2.27. The van der Waals surface area contributed by atoms with E-state index in [4.69, 9.17) is 9.47 Å². The Bertz CT molecular complexity index is 1050. The third kappa shape index (κ3) is 3.55. The molecule has 3 rings (SSSR count). The van der Waals surface area contributed by atoms with E-state index in [9.17, 15) is 18.0 Å². The van der Waals surface area contributed by atoms with Crippen LogP contribution in [0.25, 0.3) is 0 Å². The highest BCUT2D eigenvalue weighted by molar-refractivity contribution is 7.89. The van der Waals surface area contributed by atoms with Crippen molar-refractivity contribution in [2.24, 2.45) is 0 Å². The molecule has 0 radical (unpaired) electrons. The number of likely N-dealkylation sites (N-methyl/N-ethyl adjacent to an activating group) is 1. The molecule has 1 N–H and O–H groups in total. The summed E-state index contributed by atoms with van der Waals surface area (Å²) < 4.78 is 37.5. The molecule has 0 aliphatic carbocycles. The number of fused-ring (bicyclic) bond motifs is 1. The highest BCUT2D eigenvalue weighted by Crippen LogP contribution is 2.33. The van der Waals surface area contributed by atoms with Crippen molar-refractivity contribution in [3.8, 4) is 11.5 Å². The fourth-order valence-electron chi connectivity index (χ4n) is 3.29. The molecule has 0 spiro atoms. The summed E-state index contributed by atoms with van der Waals surface area (Å²) in [6.07, 6.45) is 0. The largest absolute Gasteiger partial charge is 0.486 e. The van der Waals surface area contributed by atoms with Crippen LogP contribution in [0.15, 0.2) is 23.1 Å². The summed E-state index contributed by atoms with van der Waals surface area (Å²) in [5.74, 6) is 0.270. The maximum Gasteiger partial charge on any atom is 0.243 e. The molecule has 0 bridgehead atoms. The average Bonchev–Trinajstić information content (AvgIpc) is 2.95. The van der Waals surface area contributed by atoms with Crippen LogP contribution >= 0.6 is 0 Å². The summed E-state index contributed by atoms with van der Waals surface area (Å²) in [6, 6.07) is 4.35. The van der Waals surface area contributed by atoms with Gasteiger partial charge in [0.25, 0.3) is 0 Å². The van der Waals surface area contributed by atoms with E-state index in [0.29, 0.717) is 41.5 Å². The lowest BCUT2D eigenvalue weighted by Gasteiger charge is -2.21. The zero-order chi connectivity index (χ0) is 20.6. The predicted molar refractivity (Wildman–Crippen MR) is 102 cm³/mol. The van der Waals surface area contributed by atoms with Crippen molar-refractivity contribution in [3.05, 3.63) is 40.7 Å². The number of rotatable bonds is 6. The van der Waals surface area contributed by atoms with Gasteiger partial charge in [-0.3, -0.25) is 9.59 Å². The molecule has 0 amide bonds. The maximum absolute atomic E-state index is 12.9. The molecule has 0 fully saturated rings. The van der Waals surface area contributed by atoms with Crippen LogP contribution in [-0.2, 0) is 10.0 Å². The number of nitrogens with zero attached hydrogens (tertiary/aromatic N) is 1. The quantitative estimate of drug-likeness (QED) is 0.737. The fraction of sp³-hybridized carbons (Fsp3) is 0.368. The summed E-state index contributed by atoms with van der Waals surface area (Å²) in [5, 5.41) is 0. The van der Waals surface area contributed by atoms with E-state index in [-0.39, 0.29) is 22.9 Å². The van der Waals surface area contributed by atoms with Gasteiger partial charge in [-0.25, -0.2) is 8.42 Å². The predicted octanol–water partition coefficient (Wildman–Crippen LogP) is 2.11. The second kappa shape index (κ2) is 7.40. The second-order valence-corrected chi connectivity index (χ2v) is 8.72. The minimum atomic E-state index is -3.91. The number of nitrogens with one attached hydrogen (secondary N) is 1. The summed E-state index contributed by atoms with van der Waals surface area (Å²) in [6.45, 7) is 5.18. The van der Waals surface area contributed by atoms with E-state index >= 15 is 0 Å². The number of carbonyl (C=O) groups excluding carboxylic acids is 2. The van der Waals surface area contributed by atoms with Crippen molar-refractivity contribution in [3.63, 3.8) is 0 Å². The van der Waals surface area contributed by atoms with Crippen molar-refractivity contribution in [2.45, 2.75) is 25.7 Å². The number of hydrogen-bond donors (Lipinski definition) is 1. The fourth-order valence-corrected chi connectivity index (χ4v) is 4.43. The number of aromatic nitrogens is 1. The Labute approximate surface area is 163 Å². The molecule has 8 nitrogen and oxygen atoms in total. The van der Waals surface area contributed by atoms with Gasteiger partial charge in [-0.2, -0.15) is 4.31 Å². The number of hydrogen-bond acceptors (Lipinski definition) is 6. The molecular formula is C19H22N2O6S. The van der Waals surface area contributed by atoms with Crippen LogP contribution in [0, 0.1) is 13.8 Å². The third-order valence-corrected chi connectivity index (χ3v) is 6.46. The number of ether oxygens (including phenoxy) is 2. The molecule has 0 saturated heterocycles. The van der Waals surface area contributed by atoms with E-state index in [1.807, 2.05) is 0 Å². The highest BCUT2D eigenvalue weighted by atomic mass is 32.2. The minimum Gasteiger partial charge on any atom is -0.486 e. The van der Waals surface area contributed by atoms with Crippen LogP contribution in [-0.4, -0.2) is 56.1 Å². The Balaban J connectivity index is 1.84. The van der Waals surface area contributed by atoms with Crippen LogP contribution in [0.3, 0.4) is 0 Å². The molecule has 1 aliphatic heterocycles. The number of Topliss-reactive ketones (excluding diaryl/α,β-unsaturated/α-hetero) is 2. The number of ketones is 2. The lowest BCUT2D eigenvalue weighted by atomic mass is 10.1. The molecule has 1 aromatic heterocycles. The van der Waals surface area contributed by atoms with Crippen molar-refractivity contribution < 1.29 is 27.5 Å². The first-order valence-electron chi connectivity index (χ1n) is 8.72. The first kappa shape index (κ1) is 20.1. The molecular weight excluding hydrogens is 384 g/mol. The van der Waals surface area contributed by atoms with Gasteiger partial charge in [-0.15, -0.1) is 0 Å². The van der Waals surface area contributed by atoms with E-state index in [0.717, 1.165) is 4.31 Å². The number of carbonyl (C=O) groups is 2. The monoisotopic (exact) mass is 406 g/mol. The first-order valence-corrected chi connectivity index (χ1v) is 10.2. The number of aromatic amines is 1. The van der Waals surface area contributed by atoms with Crippen LogP contribution < -0.4 is 9.47 Å². The second-order valence-electron chi connectivity index (χ2n) is 6.67. The van der Waals surface area contributed by atoms with E-state index in [1.165, 1.54) is 32.2 Å². The molecule has 0 unspecified atom stereocenters. The van der Waals surface area contributed by atoms with Gasteiger partial charge in [0.1, 0.15) is 13.2 Å². The molecule has 1 aromatic carbocycles. The molecule has 150 valence electrons. The normalized spacial score (nSPS) is 13.6. The zero-order valence-corrected chi connectivity index (χ0v) is 17.0. The van der Waals surface area contributed by atoms with E-state index in [2.05, 4.69) is 4.98 Å². The van der Waals surface area contributed by atoms with Gasteiger partial charge in [-0.05, 0) is 38.5 Å². The van der Waals surface area contributed by atoms with E-state index < -0.39 is 15.8 Å². The molecule has 1 aliphatic rings. The third-order valence-electron chi connectivity index (χ3n) is 4.66. The van der Waals surface area contributed by atoms with Crippen molar-refractivity contribution in [1.29, 1.82) is 0 Å². The van der Waals surface area contributed by atoms with Gasteiger partial charge in [0.15, 0.2) is 23.1 Å². The van der Waals surface area contributed by atoms with Crippen molar-refractivity contribution >= 4 is 21.6 Å². The number of sulfonamides is 1. The molecule has 9 heteroatoms. The average molecular weight is 406 g/mol. The van der Waals surface area contributed by atoms with Crippen LogP contribution in [0.2, 0.25) is 0 Å². The summed E-state index contributed by atoms with van der Waals surface area (Å²) in [4.78, 5) is 27.3. The Morgan fingerprint density at radius 2 is 1.79 bits per heavy atom. The zero-order valence-electron chi connectivity index (χ0n) is 16.2. The SMILES string of the molecule is CC(=O)c1c(C)[nH]c(C(=O)CN(C)S(=O)(=O)c2ccc3c(c2)OCCO3)c1C. The van der Waals surface area contributed by atoms with Gasteiger partial charge in [0.2, 0.25) is 10.0 Å². The first-order chi connectivity index (χ1) is 13.1. The molecule has 2 aromatic rings. The Hall–Kier alpha value is -2.65. The standard InChI is InChI=1S/C19H22N2O6S/c1-11-18(13(3)22)12(2)20-19(11)15(23)10-21(4)28(24,25)14-5-6-16-17(9-14)27-8-7-26-16/h5-6,9,20H,7-8,10H2,1-4H3. The minimum absolute atomic E-state index is 0.0101. The molecule has 28 heavy (non-hydrogen) atoms. The molecule has 0 atom stereocenters. The van der Waals surface area contributed by atoms with Gasteiger partial charge in [0, 0.05) is 24.4 Å². The Morgan fingerprint density at radius 1 is 1.14 bits per heavy atom. The Morgan fingerprint density at radius 3 is 2.39 bits per heavy atom. The van der Waals surface area contributed by atoms with Crippen molar-refractivity contribution in [2.75, 3.05) is 26.8 Å². The number of benzene rings is 1. The lowest BCUT2D eigenvalue weighted by Crippen LogP contribution is -2.32. The topological polar surface area (TPSA) is 106 Å². The smallest absolute Gasteiger partial charge is 0.243 e. The summed E-state index contributed by atoms with van der Waals surface area (Å²) in [5.41, 5.74) is 1.82. The van der Waals surface area contributed by atoms with Crippen LogP contribution in [0.4, 0.5) is 0 Å². The van der Waals surface area contributed by atoms with Gasteiger partial charge in [0.05, 0.1) is 17.1 Å². The molecule has 0 saturated carbocycles. The summed E-state index contributed by atoms with van der Waals surface area (Å²) in [7, 11) is -2.58. The van der Waals surface area contributed by atoms with Crippen LogP contribution in [0.5, 0.6) is 11.5 Å². The number of H-pyrrole nitrogens is 1. The lowest BCUT2D eigenvalue weighted by molar-refractivity contribution is 0.0967. The molecule has 2 heterocycles. The summed E-state index contributed by atoms with van der Waals surface area (Å²) >= 11 is 0. The number of aryl methyl sites for hydroxylation is 1. The van der Waals surface area contributed by atoms with Gasteiger partial charge in [-0.1, -0.05) is 0 Å². The van der Waals surface area contributed by atoms with E-state index in [1.54, 1.807) is 13.8 Å². The maximum atomic E-state index is 12.9. The van der Waals surface area contributed by atoms with Crippen LogP contribution in [0.1, 0.15) is 39.0 Å².